The van der Waals surface area contributed by atoms with E-state index < -0.39 is 0 Å². The largest absolute Gasteiger partial charge is 0.394 e. The van der Waals surface area contributed by atoms with Crippen LogP contribution in [0, 0.1) is 6.92 Å². The molecule has 0 spiro atoms. The fourth-order valence-corrected chi connectivity index (χ4v) is 3.12. The normalized spacial score (nSPS) is 14.2. The number of benzene rings is 1. The van der Waals surface area contributed by atoms with E-state index in [9.17, 15) is 5.11 Å². The van der Waals surface area contributed by atoms with Gasteiger partial charge in [0.05, 0.1) is 6.61 Å². The Kier molecular flexibility index (Phi) is 8.27. The Balaban J connectivity index is 2.34. The molecule has 2 nitrogen and oxygen atoms in total. The van der Waals surface area contributed by atoms with Crippen molar-refractivity contribution in [1.29, 1.82) is 0 Å². The summed E-state index contributed by atoms with van der Waals surface area (Å²) in [5, 5.41) is 13.2. The lowest BCUT2D eigenvalue weighted by molar-refractivity contribution is 0.146. The fraction of sp³-hybridized carbons (Fsp3) is 0.647. The van der Waals surface area contributed by atoms with Gasteiger partial charge in [0.25, 0.3) is 0 Å². The van der Waals surface area contributed by atoms with E-state index in [4.69, 9.17) is 0 Å². The number of aliphatic hydroxyl groups is 1. The average molecular weight is 295 g/mol. The SMILES string of the molecule is CCCNC(CC)(CO)CCCSc1ccc(C)cc1. The molecule has 0 fully saturated rings. The Bertz CT molecular complexity index is 360. The summed E-state index contributed by atoms with van der Waals surface area (Å²) in [5.74, 6) is 1.11. The molecule has 0 aliphatic carbocycles. The lowest BCUT2D eigenvalue weighted by Gasteiger charge is -2.32. The van der Waals surface area contributed by atoms with Gasteiger partial charge in [-0.3, -0.25) is 0 Å². The lowest BCUT2D eigenvalue weighted by atomic mass is 9.91. The lowest BCUT2D eigenvalue weighted by Crippen LogP contribution is -2.48. The summed E-state index contributed by atoms with van der Waals surface area (Å²) in [6.07, 6.45) is 4.26. The molecule has 3 heteroatoms. The Morgan fingerprint density at radius 3 is 2.45 bits per heavy atom. The molecule has 0 aromatic heterocycles. The standard InChI is InChI=1S/C17H29NOS/c1-4-12-18-17(5-2,14-19)11-6-13-20-16-9-7-15(3)8-10-16/h7-10,18-19H,4-6,11-14H2,1-3H3. The quantitative estimate of drug-likeness (QED) is 0.505. The van der Waals surface area contributed by atoms with E-state index in [2.05, 4.69) is 50.4 Å². The highest BCUT2D eigenvalue weighted by atomic mass is 32.2. The predicted molar refractivity (Wildman–Crippen MR) is 89.5 cm³/mol. The molecule has 114 valence electrons. The van der Waals surface area contributed by atoms with Gasteiger partial charge >= 0.3 is 0 Å². The van der Waals surface area contributed by atoms with Crippen LogP contribution in [-0.2, 0) is 0 Å². The number of nitrogens with one attached hydrogen (secondary N) is 1. The molecule has 1 atom stereocenters. The second-order valence-electron chi connectivity index (χ2n) is 5.48. The summed E-state index contributed by atoms with van der Waals surface area (Å²) in [6.45, 7) is 7.66. The Hall–Kier alpha value is -0.510. The van der Waals surface area contributed by atoms with Gasteiger partial charge in [0, 0.05) is 10.4 Å². The maximum absolute atomic E-state index is 9.68. The van der Waals surface area contributed by atoms with Crippen molar-refractivity contribution in [1.82, 2.24) is 5.32 Å². The Morgan fingerprint density at radius 1 is 1.20 bits per heavy atom. The van der Waals surface area contributed by atoms with Crippen molar-refractivity contribution in [3.8, 4) is 0 Å². The Labute approximate surface area is 128 Å². The van der Waals surface area contributed by atoms with E-state index in [1.165, 1.54) is 10.5 Å². The summed E-state index contributed by atoms with van der Waals surface area (Å²) in [4.78, 5) is 1.34. The molecular formula is C17H29NOS. The van der Waals surface area contributed by atoms with Gasteiger partial charge < -0.3 is 10.4 Å². The minimum Gasteiger partial charge on any atom is -0.394 e. The van der Waals surface area contributed by atoms with Gasteiger partial charge in [-0.05, 0) is 57.0 Å². The summed E-state index contributed by atoms with van der Waals surface area (Å²) >= 11 is 1.91. The molecule has 1 unspecified atom stereocenters. The first-order valence-corrected chi connectivity index (χ1v) is 8.69. The van der Waals surface area contributed by atoms with Crippen LogP contribution in [0.3, 0.4) is 0 Å². The minimum atomic E-state index is -0.0795. The average Bonchev–Trinajstić information content (AvgIpc) is 2.49. The van der Waals surface area contributed by atoms with Gasteiger partial charge in [0.2, 0.25) is 0 Å². The van der Waals surface area contributed by atoms with Crippen molar-refractivity contribution < 1.29 is 5.11 Å². The van der Waals surface area contributed by atoms with E-state index in [-0.39, 0.29) is 12.1 Å². The van der Waals surface area contributed by atoms with Crippen LogP contribution in [0.25, 0.3) is 0 Å². The van der Waals surface area contributed by atoms with Crippen molar-refractivity contribution in [3.63, 3.8) is 0 Å². The number of hydrogen-bond donors (Lipinski definition) is 2. The van der Waals surface area contributed by atoms with Crippen molar-refractivity contribution in [2.75, 3.05) is 18.9 Å². The highest BCUT2D eigenvalue weighted by molar-refractivity contribution is 7.99. The van der Waals surface area contributed by atoms with Crippen molar-refractivity contribution in [2.24, 2.45) is 0 Å². The summed E-state index contributed by atoms with van der Waals surface area (Å²) < 4.78 is 0. The van der Waals surface area contributed by atoms with E-state index in [1.807, 2.05) is 11.8 Å². The zero-order valence-electron chi connectivity index (χ0n) is 13.1. The smallest absolute Gasteiger partial charge is 0.0613 e. The minimum absolute atomic E-state index is 0.0795. The van der Waals surface area contributed by atoms with Crippen LogP contribution in [0.1, 0.15) is 45.1 Å². The highest BCUT2D eigenvalue weighted by Gasteiger charge is 2.25. The number of rotatable bonds is 10. The molecule has 1 rings (SSSR count). The molecule has 0 saturated carbocycles. The summed E-state index contributed by atoms with van der Waals surface area (Å²) in [6, 6.07) is 8.70. The third kappa shape index (κ3) is 5.86. The second-order valence-corrected chi connectivity index (χ2v) is 6.65. The van der Waals surface area contributed by atoms with Gasteiger partial charge in [-0.25, -0.2) is 0 Å². The van der Waals surface area contributed by atoms with Gasteiger partial charge in [0.1, 0.15) is 0 Å². The predicted octanol–water partition coefficient (Wildman–Crippen LogP) is 4.01. The van der Waals surface area contributed by atoms with Gasteiger partial charge in [-0.1, -0.05) is 31.5 Å². The van der Waals surface area contributed by atoms with Crippen molar-refractivity contribution in [2.45, 2.75) is 56.9 Å². The van der Waals surface area contributed by atoms with E-state index in [0.29, 0.717) is 0 Å². The van der Waals surface area contributed by atoms with Crippen LogP contribution < -0.4 is 5.32 Å². The van der Waals surface area contributed by atoms with Crippen LogP contribution in [0.2, 0.25) is 0 Å². The van der Waals surface area contributed by atoms with E-state index in [0.717, 1.165) is 38.0 Å². The van der Waals surface area contributed by atoms with Crippen LogP contribution in [0.4, 0.5) is 0 Å². The highest BCUT2D eigenvalue weighted by Crippen LogP contribution is 2.23. The molecule has 0 heterocycles. The topological polar surface area (TPSA) is 32.3 Å². The summed E-state index contributed by atoms with van der Waals surface area (Å²) in [7, 11) is 0. The van der Waals surface area contributed by atoms with Gasteiger partial charge in [-0.2, -0.15) is 0 Å². The fourth-order valence-electron chi connectivity index (χ4n) is 2.26. The van der Waals surface area contributed by atoms with Crippen LogP contribution in [0.15, 0.2) is 29.2 Å². The third-order valence-corrected chi connectivity index (χ3v) is 4.92. The molecule has 0 amide bonds. The number of hydrogen-bond acceptors (Lipinski definition) is 3. The molecule has 20 heavy (non-hydrogen) atoms. The van der Waals surface area contributed by atoms with Crippen molar-refractivity contribution in [3.05, 3.63) is 29.8 Å². The first kappa shape index (κ1) is 17.5. The van der Waals surface area contributed by atoms with Crippen LogP contribution in [-0.4, -0.2) is 29.5 Å². The summed E-state index contributed by atoms with van der Waals surface area (Å²) in [5.41, 5.74) is 1.23. The Morgan fingerprint density at radius 2 is 1.90 bits per heavy atom. The van der Waals surface area contributed by atoms with Crippen LogP contribution >= 0.6 is 11.8 Å². The maximum atomic E-state index is 9.68. The van der Waals surface area contributed by atoms with Crippen LogP contribution in [0.5, 0.6) is 0 Å². The number of thioether (sulfide) groups is 1. The number of aliphatic hydroxyl groups excluding tert-OH is 1. The van der Waals surface area contributed by atoms with Gasteiger partial charge in [0.15, 0.2) is 0 Å². The molecule has 0 aliphatic heterocycles. The van der Waals surface area contributed by atoms with E-state index >= 15 is 0 Å². The van der Waals surface area contributed by atoms with Crippen molar-refractivity contribution >= 4 is 11.8 Å². The zero-order valence-corrected chi connectivity index (χ0v) is 13.9. The first-order valence-electron chi connectivity index (χ1n) is 7.71. The number of aryl methyl sites for hydroxylation is 1. The zero-order chi connectivity index (χ0) is 14.8. The molecular weight excluding hydrogens is 266 g/mol. The first-order chi connectivity index (χ1) is 9.65. The molecule has 2 N–H and O–H groups in total. The van der Waals surface area contributed by atoms with Gasteiger partial charge in [-0.15, -0.1) is 11.8 Å². The molecule has 0 radical (unpaired) electrons. The molecule has 1 aromatic carbocycles. The second kappa shape index (κ2) is 9.43. The molecule has 0 saturated heterocycles. The van der Waals surface area contributed by atoms with E-state index in [1.54, 1.807) is 0 Å². The maximum Gasteiger partial charge on any atom is 0.0613 e. The monoisotopic (exact) mass is 295 g/mol. The third-order valence-electron chi connectivity index (χ3n) is 3.82. The molecule has 1 aromatic rings. The molecule has 0 bridgehead atoms. The molecule has 0 aliphatic rings.